The smallest absolute Gasteiger partial charge is 0.329 e. The van der Waals surface area contributed by atoms with Gasteiger partial charge >= 0.3 is 5.97 Å². The molecule has 0 radical (unpaired) electrons. The molecule has 1 atom stereocenters. The molecule has 0 aliphatic heterocycles. The minimum atomic E-state index is -1.09. The molecule has 1 rings (SSSR count). The van der Waals surface area contributed by atoms with Crippen molar-refractivity contribution < 1.29 is 14.7 Å². The standard InChI is InChI=1S/C15H28N2O3/c1-14(2,3)11(16)10-12(18)17-15(13(19)20)8-6-4-5-7-9-15/h11H,4-10,16H2,1-3H3,(H,17,18)(H,19,20). The summed E-state index contributed by atoms with van der Waals surface area (Å²) in [7, 11) is 0. The molecular weight excluding hydrogens is 256 g/mol. The summed E-state index contributed by atoms with van der Waals surface area (Å²) in [6.45, 7) is 5.93. The number of carboxylic acids is 1. The predicted octanol–water partition coefficient (Wildman–Crippen LogP) is 2.04. The molecule has 116 valence electrons. The van der Waals surface area contributed by atoms with Crippen molar-refractivity contribution in [3.63, 3.8) is 0 Å². The Balaban J connectivity index is 2.71. The lowest BCUT2D eigenvalue weighted by molar-refractivity contribution is -0.148. The number of aliphatic carboxylic acids is 1. The van der Waals surface area contributed by atoms with E-state index in [0.717, 1.165) is 25.7 Å². The second kappa shape index (κ2) is 6.57. The molecule has 1 amide bonds. The molecule has 0 saturated heterocycles. The molecule has 0 aromatic carbocycles. The van der Waals surface area contributed by atoms with Gasteiger partial charge in [0.1, 0.15) is 5.54 Å². The molecule has 1 fully saturated rings. The molecule has 20 heavy (non-hydrogen) atoms. The minimum absolute atomic E-state index is 0.165. The Kier molecular flexibility index (Phi) is 5.57. The van der Waals surface area contributed by atoms with Crippen molar-refractivity contribution in [1.82, 2.24) is 5.32 Å². The van der Waals surface area contributed by atoms with Gasteiger partial charge in [0, 0.05) is 12.5 Å². The van der Waals surface area contributed by atoms with Crippen LogP contribution in [0.3, 0.4) is 0 Å². The van der Waals surface area contributed by atoms with Gasteiger partial charge in [-0.05, 0) is 18.3 Å². The summed E-state index contributed by atoms with van der Waals surface area (Å²) in [5, 5.41) is 12.3. The normalized spacial score (nSPS) is 20.8. The zero-order valence-electron chi connectivity index (χ0n) is 12.9. The Morgan fingerprint density at radius 3 is 2.10 bits per heavy atom. The topological polar surface area (TPSA) is 92.4 Å². The average Bonchev–Trinajstić information content (AvgIpc) is 2.54. The van der Waals surface area contributed by atoms with E-state index in [4.69, 9.17) is 5.73 Å². The molecule has 0 heterocycles. The van der Waals surface area contributed by atoms with Gasteiger partial charge in [0.2, 0.25) is 5.91 Å². The van der Waals surface area contributed by atoms with E-state index in [0.29, 0.717) is 12.8 Å². The SMILES string of the molecule is CC(C)(C)C(N)CC(=O)NC1(C(=O)O)CCCCCC1. The quantitative estimate of drug-likeness (QED) is 0.689. The van der Waals surface area contributed by atoms with Crippen LogP contribution in [0.15, 0.2) is 0 Å². The fraction of sp³-hybridized carbons (Fsp3) is 0.867. The summed E-state index contributed by atoms with van der Waals surface area (Å²) in [5.74, 6) is -1.17. The van der Waals surface area contributed by atoms with Gasteiger partial charge in [0.15, 0.2) is 0 Å². The van der Waals surface area contributed by atoms with Crippen LogP contribution < -0.4 is 11.1 Å². The highest BCUT2D eigenvalue weighted by Crippen LogP contribution is 2.28. The van der Waals surface area contributed by atoms with Gasteiger partial charge in [-0.15, -0.1) is 0 Å². The van der Waals surface area contributed by atoms with Crippen molar-refractivity contribution in [2.24, 2.45) is 11.1 Å². The maximum Gasteiger partial charge on any atom is 0.329 e. The molecule has 0 aromatic heterocycles. The second-order valence-electron chi connectivity index (χ2n) is 7.03. The lowest BCUT2D eigenvalue weighted by Crippen LogP contribution is -2.55. The lowest BCUT2D eigenvalue weighted by Gasteiger charge is -2.32. The molecule has 0 spiro atoms. The highest BCUT2D eigenvalue weighted by molar-refractivity contribution is 5.87. The Hall–Kier alpha value is -1.10. The minimum Gasteiger partial charge on any atom is -0.480 e. The maximum atomic E-state index is 12.1. The van der Waals surface area contributed by atoms with Gasteiger partial charge in [-0.1, -0.05) is 46.5 Å². The van der Waals surface area contributed by atoms with Crippen LogP contribution in [0.2, 0.25) is 0 Å². The van der Waals surface area contributed by atoms with E-state index in [9.17, 15) is 14.7 Å². The molecule has 0 bridgehead atoms. The Morgan fingerprint density at radius 1 is 1.20 bits per heavy atom. The first-order valence-corrected chi connectivity index (χ1v) is 7.47. The van der Waals surface area contributed by atoms with Gasteiger partial charge < -0.3 is 16.2 Å². The summed E-state index contributed by atoms with van der Waals surface area (Å²) < 4.78 is 0. The van der Waals surface area contributed by atoms with E-state index >= 15 is 0 Å². The molecule has 1 aliphatic rings. The Labute approximate surface area is 121 Å². The summed E-state index contributed by atoms with van der Waals surface area (Å²) >= 11 is 0. The highest BCUT2D eigenvalue weighted by Gasteiger charge is 2.40. The Morgan fingerprint density at radius 2 is 1.70 bits per heavy atom. The molecule has 1 saturated carbocycles. The van der Waals surface area contributed by atoms with Crippen molar-refractivity contribution in [2.45, 2.75) is 77.3 Å². The third-order valence-electron chi connectivity index (χ3n) is 4.26. The van der Waals surface area contributed by atoms with Crippen LogP contribution in [-0.2, 0) is 9.59 Å². The van der Waals surface area contributed by atoms with Crippen LogP contribution in [-0.4, -0.2) is 28.6 Å². The van der Waals surface area contributed by atoms with Crippen molar-refractivity contribution in [2.75, 3.05) is 0 Å². The molecule has 0 aromatic rings. The van der Waals surface area contributed by atoms with Crippen LogP contribution in [0, 0.1) is 5.41 Å². The fourth-order valence-electron chi connectivity index (χ4n) is 2.55. The number of carbonyl (C=O) groups is 2. The third-order valence-corrected chi connectivity index (χ3v) is 4.26. The summed E-state index contributed by atoms with van der Waals surface area (Å²) in [4.78, 5) is 23.7. The first kappa shape index (κ1) is 17.0. The Bertz CT molecular complexity index is 353. The maximum absolute atomic E-state index is 12.1. The molecule has 5 nitrogen and oxygen atoms in total. The van der Waals surface area contributed by atoms with Crippen LogP contribution in [0.25, 0.3) is 0 Å². The van der Waals surface area contributed by atoms with Gasteiger partial charge in [-0.25, -0.2) is 4.79 Å². The number of nitrogens with one attached hydrogen (secondary N) is 1. The molecule has 1 aliphatic carbocycles. The molecular formula is C15H28N2O3. The monoisotopic (exact) mass is 284 g/mol. The van der Waals surface area contributed by atoms with E-state index in [-0.39, 0.29) is 23.8 Å². The van der Waals surface area contributed by atoms with Crippen molar-refractivity contribution in [3.05, 3.63) is 0 Å². The van der Waals surface area contributed by atoms with Gasteiger partial charge in [-0.3, -0.25) is 4.79 Å². The first-order valence-electron chi connectivity index (χ1n) is 7.47. The van der Waals surface area contributed by atoms with Crippen molar-refractivity contribution in [1.29, 1.82) is 0 Å². The lowest BCUT2D eigenvalue weighted by atomic mass is 9.84. The van der Waals surface area contributed by atoms with Gasteiger partial charge in [0.05, 0.1) is 0 Å². The number of hydrogen-bond donors (Lipinski definition) is 3. The van der Waals surface area contributed by atoms with Crippen molar-refractivity contribution in [3.8, 4) is 0 Å². The summed E-state index contributed by atoms with van der Waals surface area (Å²) in [5.41, 5.74) is 4.74. The van der Waals surface area contributed by atoms with Crippen LogP contribution in [0.4, 0.5) is 0 Å². The zero-order valence-corrected chi connectivity index (χ0v) is 12.9. The first-order chi connectivity index (χ1) is 9.17. The summed E-state index contributed by atoms with van der Waals surface area (Å²) in [6, 6.07) is -0.279. The molecule has 5 heteroatoms. The van der Waals surface area contributed by atoms with E-state index < -0.39 is 11.5 Å². The van der Waals surface area contributed by atoms with Crippen molar-refractivity contribution >= 4 is 11.9 Å². The van der Waals surface area contributed by atoms with Gasteiger partial charge in [0.25, 0.3) is 0 Å². The largest absolute Gasteiger partial charge is 0.480 e. The molecule has 1 unspecified atom stereocenters. The average molecular weight is 284 g/mol. The summed E-state index contributed by atoms with van der Waals surface area (Å²) in [6.07, 6.45) is 4.95. The second-order valence-corrected chi connectivity index (χ2v) is 7.03. The number of nitrogens with two attached hydrogens (primary N) is 1. The van der Waals surface area contributed by atoms with E-state index in [2.05, 4.69) is 5.32 Å². The van der Waals surface area contributed by atoms with E-state index in [1.165, 1.54) is 0 Å². The number of hydrogen-bond acceptors (Lipinski definition) is 3. The number of rotatable bonds is 4. The van der Waals surface area contributed by atoms with Crippen LogP contribution in [0.5, 0.6) is 0 Å². The predicted molar refractivity (Wildman–Crippen MR) is 78.3 cm³/mol. The van der Waals surface area contributed by atoms with E-state index in [1.807, 2.05) is 20.8 Å². The number of carboxylic acid groups (broad SMARTS) is 1. The van der Waals surface area contributed by atoms with Crippen LogP contribution in [0.1, 0.15) is 65.7 Å². The third kappa shape index (κ3) is 4.47. The van der Waals surface area contributed by atoms with Gasteiger partial charge in [-0.2, -0.15) is 0 Å². The number of carbonyl (C=O) groups excluding carboxylic acids is 1. The molecule has 4 N–H and O–H groups in total. The number of amides is 1. The fourth-order valence-corrected chi connectivity index (χ4v) is 2.55. The zero-order chi connectivity index (χ0) is 15.4. The highest BCUT2D eigenvalue weighted by atomic mass is 16.4. The van der Waals surface area contributed by atoms with E-state index in [1.54, 1.807) is 0 Å². The van der Waals surface area contributed by atoms with Crippen LogP contribution >= 0.6 is 0 Å².